The van der Waals surface area contributed by atoms with Gasteiger partial charge in [-0.05, 0) is 43.0 Å². The lowest BCUT2D eigenvalue weighted by Gasteiger charge is -2.33. The van der Waals surface area contributed by atoms with Crippen molar-refractivity contribution >= 4 is 28.0 Å². The second kappa shape index (κ2) is 9.23. The Labute approximate surface area is 191 Å². The standard InChI is InChI=1S/C25H29N5O3/c1-33-15-14-29-22-9-4-12-26-24(22)30(25(29)32)19-6-5-13-28(17-19)23(31)11-10-18-16-27-21-8-3-2-7-20(18)21/h2-4,7-9,12,16,19,27H,5-6,10-11,13-15,17H2,1H3/t19-/m0/s1. The molecule has 172 valence electrons. The molecule has 4 heterocycles. The van der Waals surface area contributed by atoms with Crippen molar-refractivity contribution in [3.63, 3.8) is 0 Å². The van der Waals surface area contributed by atoms with Crippen LogP contribution >= 0.6 is 0 Å². The van der Waals surface area contributed by atoms with Crippen molar-refractivity contribution in [2.45, 2.75) is 38.3 Å². The molecule has 1 fully saturated rings. The van der Waals surface area contributed by atoms with Crippen LogP contribution in [0, 0.1) is 0 Å². The number of rotatable bonds is 7. The summed E-state index contributed by atoms with van der Waals surface area (Å²) in [6.45, 7) is 2.20. The van der Waals surface area contributed by atoms with Gasteiger partial charge in [0.2, 0.25) is 5.91 Å². The number of aromatic amines is 1. The number of para-hydroxylation sites is 1. The average Bonchev–Trinajstić information content (AvgIpc) is 3.39. The molecule has 1 aromatic carbocycles. The van der Waals surface area contributed by atoms with Crippen LogP contribution in [0.15, 0.2) is 53.6 Å². The van der Waals surface area contributed by atoms with E-state index in [4.69, 9.17) is 4.74 Å². The van der Waals surface area contributed by atoms with Crippen LogP contribution in [0.5, 0.6) is 0 Å². The van der Waals surface area contributed by atoms with Gasteiger partial charge in [0.1, 0.15) is 0 Å². The van der Waals surface area contributed by atoms with Gasteiger partial charge in [0, 0.05) is 49.9 Å². The van der Waals surface area contributed by atoms with Crippen molar-refractivity contribution in [3.8, 4) is 0 Å². The van der Waals surface area contributed by atoms with Gasteiger partial charge in [0.05, 0.1) is 24.7 Å². The largest absolute Gasteiger partial charge is 0.383 e. The Hall–Kier alpha value is -3.39. The van der Waals surface area contributed by atoms with Crippen LogP contribution in [0.25, 0.3) is 22.1 Å². The molecular formula is C25H29N5O3. The monoisotopic (exact) mass is 447 g/mol. The van der Waals surface area contributed by atoms with E-state index in [1.165, 1.54) is 5.39 Å². The highest BCUT2D eigenvalue weighted by Gasteiger charge is 2.28. The van der Waals surface area contributed by atoms with E-state index >= 15 is 0 Å². The highest BCUT2D eigenvalue weighted by molar-refractivity contribution is 5.84. The number of aryl methyl sites for hydroxylation is 1. The van der Waals surface area contributed by atoms with E-state index in [2.05, 4.69) is 16.0 Å². The van der Waals surface area contributed by atoms with Gasteiger partial charge < -0.3 is 14.6 Å². The van der Waals surface area contributed by atoms with Gasteiger partial charge in [0.15, 0.2) is 5.65 Å². The fourth-order valence-corrected chi connectivity index (χ4v) is 4.97. The number of carbonyl (C=O) groups excluding carboxylic acids is 1. The predicted molar refractivity (Wildman–Crippen MR) is 127 cm³/mol. The molecule has 1 aliphatic rings. The highest BCUT2D eigenvalue weighted by atomic mass is 16.5. The smallest absolute Gasteiger partial charge is 0.330 e. The summed E-state index contributed by atoms with van der Waals surface area (Å²) in [6.07, 6.45) is 6.59. The van der Waals surface area contributed by atoms with E-state index in [0.717, 1.165) is 36.0 Å². The first-order valence-corrected chi connectivity index (χ1v) is 11.5. The minimum Gasteiger partial charge on any atom is -0.383 e. The Morgan fingerprint density at radius 2 is 2.12 bits per heavy atom. The lowest BCUT2D eigenvalue weighted by molar-refractivity contribution is -0.132. The number of imidazole rings is 1. The summed E-state index contributed by atoms with van der Waals surface area (Å²) < 4.78 is 8.70. The first-order valence-electron chi connectivity index (χ1n) is 11.5. The zero-order chi connectivity index (χ0) is 22.8. The summed E-state index contributed by atoms with van der Waals surface area (Å²) >= 11 is 0. The molecule has 0 radical (unpaired) electrons. The van der Waals surface area contributed by atoms with Crippen LogP contribution in [0.3, 0.4) is 0 Å². The number of pyridine rings is 1. The van der Waals surface area contributed by atoms with Crippen LogP contribution in [0.2, 0.25) is 0 Å². The molecular weight excluding hydrogens is 418 g/mol. The van der Waals surface area contributed by atoms with Gasteiger partial charge >= 0.3 is 5.69 Å². The zero-order valence-corrected chi connectivity index (χ0v) is 18.9. The number of methoxy groups -OCH3 is 1. The van der Waals surface area contributed by atoms with E-state index in [-0.39, 0.29) is 17.6 Å². The molecule has 8 heteroatoms. The molecule has 0 unspecified atom stereocenters. The fraction of sp³-hybridized carbons (Fsp3) is 0.400. The lowest BCUT2D eigenvalue weighted by Crippen LogP contribution is -2.43. The van der Waals surface area contributed by atoms with Gasteiger partial charge in [0.25, 0.3) is 0 Å². The number of likely N-dealkylation sites (tertiary alicyclic amines) is 1. The van der Waals surface area contributed by atoms with E-state index in [1.807, 2.05) is 41.4 Å². The van der Waals surface area contributed by atoms with E-state index < -0.39 is 0 Å². The third kappa shape index (κ3) is 4.06. The Morgan fingerprint density at radius 3 is 3.00 bits per heavy atom. The molecule has 0 spiro atoms. The second-order valence-electron chi connectivity index (χ2n) is 8.64. The summed E-state index contributed by atoms with van der Waals surface area (Å²) in [4.78, 5) is 36.1. The van der Waals surface area contributed by atoms with Crippen LogP contribution in [0.1, 0.15) is 30.9 Å². The highest BCUT2D eigenvalue weighted by Crippen LogP contribution is 2.25. The molecule has 0 aliphatic carbocycles. The molecule has 4 aromatic rings. The summed E-state index contributed by atoms with van der Waals surface area (Å²) in [5.41, 5.74) is 3.65. The second-order valence-corrected chi connectivity index (χ2v) is 8.64. The number of nitrogens with zero attached hydrogens (tertiary/aromatic N) is 4. The number of hydrogen-bond donors (Lipinski definition) is 1. The predicted octanol–water partition coefficient (Wildman–Crippen LogP) is 3.12. The minimum atomic E-state index is -0.0844. The molecule has 1 amide bonds. The molecule has 1 N–H and O–H groups in total. The molecule has 0 bridgehead atoms. The maximum Gasteiger partial charge on any atom is 0.330 e. The molecule has 33 heavy (non-hydrogen) atoms. The quantitative estimate of drug-likeness (QED) is 0.472. The minimum absolute atomic E-state index is 0.0792. The van der Waals surface area contributed by atoms with E-state index in [9.17, 15) is 9.59 Å². The fourth-order valence-electron chi connectivity index (χ4n) is 4.97. The molecule has 1 aliphatic heterocycles. The van der Waals surface area contributed by atoms with Crippen molar-refractivity contribution in [2.75, 3.05) is 26.8 Å². The third-order valence-corrected chi connectivity index (χ3v) is 6.64. The number of nitrogens with one attached hydrogen (secondary N) is 1. The Kier molecular flexibility index (Phi) is 6.00. The van der Waals surface area contributed by atoms with Crippen molar-refractivity contribution in [1.29, 1.82) is 0 Å². The topological polar surface area (TPSA) is 85.1 Å². The number of carbonyl (C=O) groups is 1. The van der Waals surface area contributed by atoms with Gasteiger partial charge in [-0.2, -0.15) is 0 Å². The maximum absolute atomic E-state index is 13.3. The molecule has 1 atom stereocenters. The Morgan fingerprint density at radius 1 is 1.24 bits per heavy atom. The Bertz CT molecular complexity index is 1330. The number of aromatic nitrogens is 4. The average molecular weight is 448 g/mol. The van der Waals surface area contributed by atoms with Crippen LogP contribution in [-0.4, -0.2) is 56.7 Å². The first-order chi connectivity index (χ1) is 16.2. The van der Waals surface area contributed by atoms with Gasteiger partial charge in [-0.15, -0.1) is 0 Å². The SMILES string of the molecule is COCCn1c(=O)n([C@H]2CCCN(C(=O)CCc3c[nH]c4ccccc34)C2)c2ncccc21. The van der Waals surface area contributed by atoms with Gasteiger partial charge in [-0.25, -0.2) is 9.78 Å². The molecule has 0 saturated carbocycles. The van der Waals surface area contributed by atoms with Crippen molar-refractivity contribution in [3.05, 3.63) is 64.8 Å². The van der Waals surface area contributed by atoms with Crippen molar-refractivity contribution in [2.24, 2.45) is 0 Å². The maximum atomic E-state index is 13.3. The van der Waals surface area contributed by atoms with Crippen molar-refractivity contribution < 1.29 is 9.53 Å². The van der Waals surface area contributed by atoms with Crippen molar-refractivity contribution in [1.82, 2.24) is 24.0 Å². The summed E-state index contributed by atoms with van der Waals surface area (Å²) in [5, 5.41) is 1.17. The molecule has 3 aromatic heterocycles. The van der Waals surface area contributed by atoms with Gasteiger partial charge in [-0.1, -0.05) is 18.2 Å². The zero-order valence-electron chi connectivity index (χ0n) is 18.9. The third-order valence-electron chi connectivity index (χ3n) is 6.64. The van der Waals surface area contributed by atoms with Crippen LogP contribution < -0.4 is 5.69 Å². The molecule has 1 saturated heterocycles. The van der Waals surface area contributed by atoms with E-state index in [0.29, 0.717) is 38.2 Å². The van der Waals surface area contributed by atoms with Crippen LogP contribution in [-0.2, 0) is 22.5 Å². The molecule has 8 nitrogen and oxygen atoms in total. The number of benzene rings is 1. The number of piperidine rings is 1. The van der Waals surface area contributed by atoms with Gasteiger partial charge in [-0.3, -0.25) is 13.9 Å². The molecule has 5 rings (SSSR count). The number of hydrogen-bond acceptors (Lipinski definition) is 4. The summed E-state index contributed by atoms with van der Waals surface area (Å²) in [7, 11) is 1.63. The van der Waals surface area contributed by atoms with Crippen LogP contribution in [0.4, 0.5) is 0 Å². The number of ether oxygens (including phenoxy) is 1. The first kappa shape index (κ1) is 21.5. The normalized spacial score (nSPS) is 16.6. The Balaban J connectivity index is 1.33. The summed E-state index contributed by atoms with van der Waals surface area (Å²) in [5.74, 6) is 0.133. The summed E-state index contributed by atoms with van der Waals surface area (Å²) in [6, 6.07) is 11.8. The number of H-pyrrole nitrogens is 1. The van der Waals surface area contributed by atoms with E-state index in [1.54, 1.807) is 22.4 Å². The lowest BCUT2D eigenvalue weighted by atomic mass is 10.0. The number of amides is 1. The number of fused-ring (bicyclic) bond motifs is 2.